The number of anilines is 1. The standard InChI is InChI=1S/C13H17BClFN2O2/c1-12(2)13(3,4)20-14(19-12)10(16)6-8-5-9(15)7-18-11(8)17/h5-7H,1-4H3,(H2,17,18). The molecule has 20 heavy (non-hydrogen) atoms. The van der Waals surface area contributed by atoms with Gasteiger partial charge in [-0.3, -0.25) is 0 Å². The second-order valence-electron chi connectivity index (χ2n) is 5.75. The van der Waals surface area contributed by atoms with Crippen molar-refractivity contribution in [1.82, 2.24) is 4.98 Å². The molecular formula is C13H17BClFN2O2. The van der Waals surface area contributed by atoms with Crippen LogP contribution in [0.2, 0.25) is 5.02 Å². The quantitative estimate of drug-likeness (QED) is 0.851. The van der Waals surface area contributed by atoms with Crippen molar-refractivity contribution in [1.29, 1.82) is 0 Å². The highest BCUT2D eigenvalue weighted by atomic mass is 35.5. The zero-order valence-corrected chi connectivity index (χ0v) is 12.7. The van der Waals surface area contributed by atoms with Crippen molar-refractivity contribution in [3.05, 3.63) is 28.6 Å². The summed E-state index contributed by atoms with van der Waals surface area (Å²) in [5.74, 6) is 0.195. The molecule has 7 heteroatoms. The zero-order chi connectivity index (χ0) is 15.1. The molecule has 0 spiro atoms. The number of hydrogen-bond donors (Lipinski definition) is 1. The molecule has 108 valence electrons. The van der Waals surface area contributed by atoms with Crippen molar-refractivity contribution < 1.29 is 13.7 Å². The summed E-state index contributed by atoms with van der Waals surface area (Å²) in [5, 5.41) is 0.382. The maximum Gasteiger partial charge on any atom is 0.525 e. The van der Waals surface area contributed by atoms with Gasteiger partial charge in [-0.05, 0) is 39.8 Å². The van der Waals surface area contributed by atoms with Crippen LogP contribution in [0.5, 0.6) is 0 Å². The van der Waals surface area contributed by atoms with Gasteiger partial charge in [0, 0.05) is 11.8 Å². The highest BCUT2D eigenvalue weighted by Crippen LogP contribution is 2.39. The van der Waals surface area contributed by atoms with Crippen molar-refractivity contribution in [2.75, 3.05) is 5.73 Å². The van der Waals surface area contributed by atoms with Crippen molar-refractivity contribution in [2.24, 2.45) is 0 Å². The van der Waals surface area contributed by atoms with E-state index in [2.05, 4.69) is 4.98 Å². The molecule has 4 nitrogen and oxygen atoms in total. The first kappa shape index (κ1) is 15.3. The van der Waals surface area contributed by atoms with E-state index in [9.17, 15) is 4.39 Å². The maximum atomic E-state index is 14.3. The minimum Gasteiger partial charge on any atom is -0.398 e. The number of halogens is 2. The summed E-state index contributed by atoms with van der Waals surface area (Å²) in [6.45, 7) is 7.43. The summed E-state index contributed by atoms with van der Waals surface area (Å²) in [4.78, 5) is 3.87. The SMILES string of the molecule is CC1(C)OB(C(F)=Cc2cc(Cl)cnc2N)OC1(C)C. The number of nitrogens with two attached hydrogens (primary N) is 1. The number of aromatic nitrogens is 1. The van der Waals surface area contributed by atoms with Crippen LogP contribution in [-0.4, -0.2) is 23.3 Å². The Hall–Kier alpha value is -1.11. The number of rotatable bonds is 2. The summed E-state index contributed by atoms with van der Waals surface area (Å²) in [7, 11) is -1.06. The van der Waals surface area contributed by atoms with Crippen LogP contribution >= 0.6 is 11.6 Å². The van der Waals surface area contributed by atoms with Gasteiger partial charge in [-0.15, -0.1) is 0 Å². The van der Waals surface area contributed by atoms with Gasteiger partial charge in [0.1, 0.15) is 11.5 Å². The molecule has 0 amide bonds. The van der Waals surface area contributed by atoms with Gasteiger partial charge in [0.25, 0.3) is 0 Å². The zero-order valence-electron chi connectivity index (χ0n) is 11.9. The average molecular weight is 299 g/mol. The fourth-order valence-electron chi connectivity index (χ4n) is 1.75. The first-order valence-corrected chi connectivity index (χ1v) is 6.64. The Morgan fingerprint density at radius 3 is 2.45 bits per heavy atom. The monoisotopic (exact) mass is 298 g/mol. The first-order chi connectivity index (χ1) is 9.12. The minimum atomic E-state index is -1.06. The molecule has 0 bridgehead atoms. The van der Waals surface area contributed by atoms with Crippen LogP contribution < -0.4 is 5.73 Å². The Morgan fingerprint density at radius 1 is 1.35 bits per heavy atom. The molecule has 0 unspecified atom stereocenters. The van der Waals surface area contributed by atoms with Crippen LogP contribution in [0.15, 0.2) is 18.0 Å². The lowest BCUT2D eigenvalue weighted by atomic mass is 9.87. The van der Waals surface area contributed by atoms with Gasteiger partial charge in [-0.25, -0.2) is 9.37 Å². The number of hydrogen-bond acceptors (Lipinski definition) is 4. The van der Waals surface area contributed by atoms with Gasteiger partial charge in [-0.1, -0.05) is 11.6 Å². The Morgan fingerprint density at radius 2 is 1.90 bits per heavy atom. The Kier molecular flexibility index (Phi) is 3.84. The molecule has 2 heterocycles. The fourth-order valence-corrected chi connectivity index (χ4v) is 1.92. The molecule has 1 fully saturated rings. The molecule has 0 saturated carbocycles. The van der Waals surface area contributed by atoms with Crippen LogP contribution in [-0.2, 0) is 9.31 Å². The highest BCUT2D eigenvalue weighted by Gasteiger charge is 2.53. The van der Waals surface area contributed by atoms with E-state index in [0.29, 0.717) is 10.6 Å². The summed E-state index contributed by atoms with van der Waals surface area (Å²) < 4.78 is 25.5. The second kappa shape index (κ2) is 5.02. The molecule has 1 saturated heterocycles. The normalized spacial score (nSPS) is 21.3. The lowest BCUT2D eigenvalue weighted by molar-refractivity contribution is 0.00578. The van der Waals surface area contributed by atoms with E-state index >= 15 is 0 Å². The molecule has 0 aliphatic carbocycles. The summed E-state index contributed by atoms with van der Waals surface area (Å²) >= 11 is 5.82. The lowest BCUT2D eigenvalue weighted by Gasteiger charge is -2.32. The topological polar surface area (TPSA) is 57.4 Å². The van der Waals surface area contributed by atoms with Gasteiger partial charge >= 0.3 is 7.12 Å². The third-order valence-corrected chi connectivity index (χ3v) is 3.89. The average Bonchev–Trinajstić information content (AvgIpc) is 2.53. The minimum absolute atomic E-state index is 0.195. The third-order valence-electron chi connectivity index (χ3n) is 3.69. The van der Waals surface area contributed by atoms with Crippen LogP contribution in [0, 0.1) is 0 Å². The van der Waals surface area contributed by atoms with Gasteiger partial charge in [0.15, 0.2) is 0 Å². The molecular weight excluding hydrogens is 281 g/mol. The largest absolute Gasteiger partial charge is 0.525 e. The predicted octanol–water partition coefficient (Wildman–Crippen LogP) is 3.26. The van der Waals surface area contributed by atoms with E-state index in [1.54, 1.807) is 0 Å². The molecule has 1 aliphatic rings. The molecule has 0 aromatic carbocycles. The second-order valence-corrected chi connectivity index (χ2v) is 6.18. The maximum absolute atomic E-state index is 14.3. The van der Waals surface area contributed by atoms with E-state index in [0.717, 1.165) is 0 Å². The van der Waals surface area contributed by atoms with Gasteiger partial charge in [-0.2, -0.15) is 0 Å². The Bertz CT molecular complexity index is 547. The van der Waals surface area contributed by atoms with Crippen molar-refractivity contribution in [2.45, 2.75) is 38.9 Å². The van der Waals surface area contributed by atoms with Gasteiger partial charge in [0.05, 0.1) is 16.2 Å². The van der Waals surface area contributed by atoms with Crippen LogP contribution in [0.25, 0.3) is 6.08 Å². The van der Waals surface area contributed by atoms with Crippen molar-refractivity contribution >= 4 is 30.6 Å². The van der Waals surface area contributed by atoms with E-state index < -0.39 is 24.0 Å². The number of pyridine rings is 1. The fraction of sp³-hybridized carbons (Fsp3) is 0.462. The van der Waals surface area contributed by atoms with Gasteiger partial charge in [0.2, 0.25) is 0 Å². The predicted molar refractivity (Wildman–Crippen MR) is 78.8 cm³/mol. The Labute approximate surface area is 123 Å². The number of nitrogen functional groups attached to an aromatic ring is 1. The van der Waals surface area contributed by atoms with E-state index in [-0.39, 0.29) is 5.82 Å². The molecule has 1 aliphatic heterocycles. The summed E-state index contributed by atoms with van der Waals surface area (Å²) in [5.41, 5.74) is 4.31. The third kappa shape index (κ3) is 2.82. The van der Waals surface area contributed by atoms with Crippen LogP contribution in [0.4, 0.5) is 10.2 Å². The number of nitrogens with zero attached hydrogens (tertiary/aromatic N) is 1. The van der Waals surface area contributed by atoms with Gasteiger partial charge < -0.3 is 15.0 Å². The van der Waals surface area contributed by atoms with E-state index in [1.165, 1.54) is 18.3 Å². The summed E-state index contributed by atoms with van der Waals surface area (Å²) in [6.07, 6.45) is 2.64. The van der Waals surface area contributed by atoms with Crippen LogP contribution in [0.1, 0.15) is 33.3 Å². The van der Waals surface area contributed by atoms with Crippen molar-refractivity contribution in [3.8, 4) is 0 Å². The molecule has 1 aromatic heterocycles. The molecule has 0 atom stereocenters. The lowest BCUT2D eigenvalue weighted by Crippen LogP contribution is -2.41. The summed E-state index contributed by atoms with van der Waals surface area (Å²) in [6, 6.07) is 1.54. The van der Waals surface area contributed by atoms with E-state index in [4.69, 9.17) is 26.6 Å². The highest BCUT2D eigenvalue weighted by molar-refractivity contribution is 6.54. The molecule has 0 radical (unpaired) electrons. The first-order valence-electron chi connectivity index (χ1n) is 6.26. The smallest absolute Gasteiger partial charge is 0.398 e. The molecule has 2 N–H and O–H groups in total. The Balaban J connectivity index is 2.27. The molecule has 2 rings (SSSR count). The molecule has 1 aromatic rings. The van der Waals surface area contributed by atoms with E-state index in [1.807, 2.05) is 27.7 Å². The van der Waals surface area contributed by atoms with Crippen LogP contribution in [0.3, 0.4) is 0 Å². The van der Waals surface area contributed by atoms with Crippen molar-refractivity contribution in [3.63, 3.8) is 0 Å².